The van der Waals surface area contributed by atoms with Crippen LogP contribution in [-0.4, -0.2) is 26.0 Å². The van der Waals surface area contributed by atoms with Crippen LogP contribution in [0.5, 0.6) is 0 Å². The third kappa shape index (κ3) is 4.29. The molecule has 6 heteroatoms. The maximum absolute atomic E-state index is 4.94. The third-order valence-corrected chi connectivity index (χ3v) is 10.8. The van der Waals surface area contributed by atoms with E-state index in [1.807, 2.05) is 0 Å². The zero-order valence-corrected chi connectivity index (χ0v) is 25.0. The normalized spacial score (nSPS) is 14.3. The molecule has 7 rings (SSSR count). The van der Waals surface area contributed by atoms with Crippen LogP contribution < -0.4 is 14.4 Å². The van der Waals surface area contributed by atoms with Crippen molar-refractivity contribution in [3.05, 3.63) is 120 Å². The molecule has 0 aliphatic carbocycles. The molecule has 196 valence electrons. The third-order valence-electron chi connectivity index (χ3n) is 7.32. The molecule has 0 fully saturated rings. The number of thiazole rings is 1. The van der Waals surface area contributed by atoms with Gasteiger partial charge >= 0.3 is 221 Å². The van der Waals surface area contributed by atoms with Gasteiger partial charge in [0.15, 0.2) is 0 Å². The molecule has 0 bridgehead atoms. The second-order valence-corrected chi connectivity index (χ2v) is 12.9. The minimum absolute atomic E-state index is 0.315. The van der Waals surface area contributed by atoms with Crippen LogP contribution in [0.4, 0.5) is 17.1 Å². The summed E-state index contributed by atoms with van der Waals surface area (Å²) in [7, 11) is 0. The molecule has 0 amide bonds. The van der Waals surface area contributed by atoms with Gasteiger partial charge in [0, 0.05) is 0 Å². The molecule has 40 heavy (non-hydrogen) atoms. The maximum atomic E-state index is 4.94. The number of fused-ring (bicyclic) bond motifs is 3. The van der Waals surface area contributed by atoms with Gasteiger partial charge < -0.3 is 0 Å². The van der Waals surface area contributed by atoms with Crippen molar-refractivity contribution in [1.82, 2.24) is 4.98 Å². The number of nitrogens with zero attached hydrogens (tertiary/aromatic N) is 4. The van der Waals surface area contributed by atoms with E-state index in [2.05, 4.69) is 144 Å². The molecule has 3 heterocycles. The van der Waals surface area contributed by atoms with Crippen molar-refractivity contribution >= 4 is 69.0 Å². The average molecular weight is 605 g/mol. The number of hydrogen-bond donors (Lipinski definition) is 0. The Bertz CT molecular complexity index is 1870. The van der Waals surface area contributed by atoms with E-state index in [9.17, 15) is 0 Å². The van der Waals surface area contributed by atoms with Crippen molar-refractivity contribution < 1.29 is 4.57 Å². The molecule has 0 saturated heterocycles. The number of anilines is 3. The minimum atomic E-state index is 0.315. The standard InChI is InChI=1S/C34H29N4SSe/c1-3-36-29-23-24(34-35-26-15-8-10-17-30(26)39-34)21-22-27(29)38(25-13-6-5-7-14-25)32(36)19-12-20-33-37(4-2)28-16-9-11-18-31(28)40-33/h5-23H,3-4H2,1-2H3/q+1. The number of hydrogen-bond acceptors (Lipinski definition) is 4. The molecule has 0 saturated carbocycles. The molecule has 4 nitrogen and oxygen atoms in total. The molecule has 4 aromatic carbocycles. The molecular weight excluding hydrogens is 575 g/mol. The number of rotatable bonds is 6. The van der Waals surface area contributed by atoms with Crippen molar-refractivity contribution in [2.24, 2.45) is 0 Å². The molecule has 6 aromatic rings. The average Bonchev–Trinajstić information content (AvgIpc) is 3.68. The molecule has 1 aliphatic heterocycles. The van der Waals surface area contributed by atoms with Gasteiger partial charge in [-0.3, -0.25) is 0 Å². The topological polar surface area (TPSA) is 23.2 Å². The predicted octanol–water partition coefficient (Wildman–Crippen LogP) is 8.01. The van der Waals surface area contributed by atoms with Crippen molar-refractivity contribution in [3.8, 4) is 10.6 Å². The van der Waals surface area contributed by atoms with Gasteiger partial charge in [-0.05, 0) is 12.1 Å². The molecule has 2 aromatic heterocycles. The molecular formula is C34H29N4SSe+. The Morgan fingerprint density at radius 3 is 2.50 bits per heavy atom. The zero-order valence-electron chi connectivity index (χ0n) is 22.5. The quantitative estimate of drug-likeness (QED) is 0.142. The zero-order chi connectivity index (χ0) is 27.1. The SMILES string of the molecule is CCN1/C(=C/C=C/c2[se]c3ccccc3[n+]2CC)N(c2ccccc2)c2ccc(-c3nc4ccccc4s3)cc21. The Morgan fingerprint density at radius 1 is 0.875 bits per heavy atom. The van der Waals surface area contributed by atoms with Crippen molar-refractivity contribution in [2.75, 3.05) is 16.3 Å². The van der Waals surface area contributed by atoms with E-state index in [-0.39, 0.29) is 0 Å². The summed E-state index contributed by atoms with van der Waals surface area (Å²) in [6, 6.07) is 34.6. The van der Waals surface area contributed by atoms with Crippen molar-refractivity contribution in [3.63, 3.8) is 0 Å². The summed E-state index contributed by atoms with van der Waals surface area (Å²) < 4.78 is 6.53. The second kappa shape index (κ2) is 10.5. The Labute approximate surface area is 244 Å². The van der Waals surface area contributed by atoms with Gasteiger partial charge in [-0.1, -0.05) is 12.1 Å². The molecule has 0 atom stereocenters. The molecule has 0 N–H and O–H groups in total. The molecule has 0 radical (unpaired) electrons. The number of aryl methyl sites for hydroxylation is 1. The van der Waals surface area contributed by atoms with Gasteiger partial charge in [0.2, 0.25) is 0 Å². The Kier molecular flexibility index (Phi) is 6.60. The van der Waals surface area contributed by atoms with Gasteiger partial charge in [0.1, 0.15) is 0 Å². The molecule has 1 aliphatic rings. The van der Waals surface area contributed by atoms with Gasteiger partial charge in [-0.2, -0.15) is 0 Å². The van der Waals surface area contributed by atoms with Crippen LogP contribution in [0, 0.1) is 0 Å². The van der Waals surface area contributed by atoms with E-state index in [1.54, 1.807) is 11.3 Å². The Morgan fingerprint density at radius 2 is 1.68 bits per heavy atom. The first-order valence-electron chi connectivity index (χ1n) is 13.7. The summed E-state index contributed by atoms with van der Waals surface area (Å²) in [6.45, 7) is 6.31. The fraction of sp³-hybridized carbons (Fsp3) is 0.118. The first kappa shape index (κ1) is 25.0. The summed E-state index contributed by atoms with van der Waals surface area (Å²) in [4.78, 5) is 9.73. The number of benzene rings is 4. The van der Waals surface area contributed by atoms with Crippen LogP contribution >= 0.6 is 11.3 Å². The predicted molar refractivity (Wildman–Crippen MR) is 171 cm³/mol. The van der Waals surface area contributed by atoms with Crippen molar-refractivity contribution in [1.29, 1.82) is 0 Å². The van der Waals surface area contributed by atoms with Gasteiger partial charge in [-0.25, -0.2) is 0 Å². The van der Waals surface area contributed by atoms with Crippen LogP contribution in [0.2, 0.25) is 0 Å². The van der Waals surface area contributed by atoms with E-state index in [0.717, 1.165) is 40.7 Å². The van der Waals surface area contributed by atoms with E-state index >= 15 is 0 Å². The monoisotopic (exact) mass is 605 g/mol. The van der Waals surface area contributed by atoms with Crippen LogP contribution in [0.3, 0.4) is 0 Å². The summed E-state index contributed by atoms with van der Waals surface area (Å²) in [5.74, 6) is 1.16. The van der Waals surface area contributed by atoms with E-state index in [0.29, 0.717) is 14.5 Å². The van der Waals surface area contributed by atoms with E-state index in [1.165, 1.54) is 30.4 Å². The van der Waals surface area contributed by atoms with Crippen LogP contribution in [0.15, 0.2) is 115 Å². The van der Waals surface area contributed by atoms with Crippen molar-refractivity contribution in [2.45, 2.75) is 20.4 Å². The molecule has 0 unspecified atom stereocenters. The van der Waals surface area contributed by atoms with E-state index in [4.69, 9.17) is 4.98 Å². The Hall–Kier alpha value is -3.96. The summed E-state index contributed by atoms with van der Waals surface area (Å²) in [6.07, 6.45) is 6.82. The van der Waals surface area contributed by atoms with Gasteiger partial charge in [0.05, 0.1) is 0 Å². The second-order valence-electron chi connectivity index (χ2n) is 9.64. The number of para-hydroxylation sites is 3. The number of aromatic nitrogens is 2. The van der Waals surface area contributed by atoms with Crippen LogP contribution in [0.1, 0.15) is 18.4 Å². The van der Waals surface area contributed by atoms with E-state index < -0.39 is 0 Å². The van der Waals surface area contributed by atoms with Crippen LogP contribution in [0.25, 0.3) is 36.6 Å². The molecule has 0 spiro atoms. The first-order valence-corrected chi connectivity index (χ1v) is 16.2. The summed E-state index contributed by atoms with van der Waals surface area (Å²) in [5, 5.41) is 1.06. The Balaban J connectivity index is 1.32. The summed E-state index contributed by atoms with van der Waals surface area (Å²) >= 11 is 2.07. The fourth-order valence-electron chi connectivity index (χ4n) is 5.49. The fourth-order valence-corrected chi connectivity index (χ4v) is 8.84. The van der Waals surface area contributed by atoms with Crippen LogP contribution in [-0.2, 0) is 6.54 Å². The summed E-state index contributed by atoms with van der Waals surface area (Å²) in [5.41, 5.74) is 7.13. The van der Waals surface area contributed by atoms with Gasteiger partial charge in [0.25, 0.3) is 0 Å². The number of allylic oxidation sites excluding steroid dienone is 2. The first-order chi connectivity index (χ1) is 19.7. The van der Waals surface area contributed by atoms with Gasteiger partial charge in [-0.15, -0.1) is 0 Å².